The molecule has 1 fully saturated rings. The summed E-state index contributed by atoms with van der Waals surface area (Å²) in [5.41, 5.74) is 5.91. The number of hydrogen-bond donors (Lipinski definition) is 2. The number of nitrogens with two attached hydrogens (primary N) is 1. The molecule has 0 aromatic heterocycles. The van der Waals surface area contributed by atoms with Gasteiger partial charge in [0.25, 0.3) is 0 Å². The molecule has 1 atom stereocenters. The molecule has 1 saturated carbocycles. The Labute approximate surface area is 141 Å². The second kappa shape index (κ2) is 7.94. The van der Waals surface area contributed by atoms with Crippen molar-refractivity contribution < 1.29 is 22.3 Å². The zero-order valence-corrected chi connectivity index (χ0v) is 14.4. The van der Waals surface area contributed by atoms with Crippen LogP contribution in [-0.4, -0.2) is 38.5 Å². The lowest BCUT2D eigenvalue weighted by molar-refractivity contribution is -0.117. The number of carbonyl (C=O) groups is 1. The number of halogens is 1. The first-order valence-corrected chi connectivity index (χ1v) is 10.0. The third-order valence-corrected chi connectivity index (χ3v) is 4.91. The minimum atomic E-state index is -3.19. The second-order valence-corrected chi connectivity index (χ2v) is 8.44. The van der Waals surface area contributed by atoms with Crippen molar-refractivity contribution in [2.75, 3.05) is 17.3 Å². The van der Waals surface area contributed by atoms with Crippen LogP contribution in [0.25, 0.3) is 0 Å². The van der Waals surface area contributed by atoms with Gasteiger partial charge in [-0.2, -0.15) is 0 Å². The molecule has 0 heterocycles. The topological polar surface area (TPSA) is 98.5 Å². The van der Waals surface area contributed by atoms with Crippen molar-refractivity contribution >= 4 is 21.4 Å². The zero-order chi connectivity index (χ0) is 17.7. The van der Waals surface area contributed by atoms with E-state index in [1.165, 1.54) is 18.2 Å². The normalized spacial score (nSPS) is 16.8. The van der Waals surface area contributed by atoms with Gasteiger partial charge >= 0.3 is 0 Å². The van der Waals surface area contributed by atoms with Gasteiger partial charge < -0.3 is 15.8 Å². The van der Waals surface area contributed by atoms with E-state index in [4.69, 9.17) is 10.5 Å². The molecule has 0 aliphatic heterocycles. The summed E-state index contributed by atoms with van der Waals surface area (Å²) >= 11 is 0. The summed E-state index contributed by atoms with van der Waals surface area (Å²) in [4.78, 5) is 11.9. The smallest absolute Gasteiger partial charge is 0.241 e. The predicted molar refractivity (Wildman–Crippen MR) is 90.2 cm³/mol. The standard InChI is InChI=1S/C16H23FN2O4S/c1-24(21,22)9-8-14(18)16(20)19-11-6-7-15(13(17)10-11)23-12-4-2-3-5-12/h6-7,10,12,14H,2-5,8-9,18H2,1H3,(H,19,20). The van der Waals surface area contributed by atoms with E-state index in [-0.39, 0.29) is 29.7 Å². The van der Waals surface area contributed by atoms with E-state index in [1.807, 2.05) is 0 Å². The number of anilines is 1. The molecule has 3 N–H and O–H groups in total. The van der Waals surface area contributed by atoms with Gasteiger partial charge in [-0.1, -0.05) is 0 Å². The van der Waals surface area contributed by atoms with E-state index in [0.717, 1.165) is 31.9 Å². The van der Waals surface area contributed by atoms with Crippen LogP contribution in [0, 0.1) is 5.82 Å². The third-order valence-electron chi connectivity index (χ3n) is 3.93. The average Bonchev–Trinajstić information content (AvgIpc) is 2.99. The third kappa shape index (κ3) is 5.76. The van der Waals surface area contributed by atoms with Gasteiger partial charge in [0.15, 0.2) is 11.6 Å². The van der Waals surface area contributed by atoms with E-state index in [9.17, 15) is 17.6 Å². The Morgan fingerprint density at radius 1 is 1.42 bits per heavy atom. The molecule has 1 unspecified atom stereocenters. The number of amides is 1. The largest absolute Gasteiger partial charge is 0.487 e. The van der Waals surface area contributed by atoms with Crippen LogP contribution in [0.3, 0.4) is 0 Å². The van der Waals surface area contributed by atoms with Crippen molar-refractivity contribution in [3.63, 3.8) is 0 Å². The first-order chi connectivity index (χ1) is 11.2. The van der Waals surface area contributed by atoms with Gasteiger partial charge in [-0.25, -0.2) is 12.8 Å². The highest BCUT2D eigenvalue weighted by atomic mass is 32.2. The Bertz CT molecular complexity index is 687. The fourth-order valence-corrected chi connectivity index (χ4v) is 3.25. The van der Waals surface area contributed by atoms with Crippen LogP contribution >= 0.6 is 0 Å². The predicted octanol–water partition coefficient (Wildman–Crippen LogP) is 1.85. The Morgan fingerprint density at radius 2 is 2.08 bits per heavy atom. The molecule has 0 saturated heterocycles. The summed E-state index contributed by atoms with van der Waals surface area (Å²) in [5, 5.41) is 2.49. The van der Waals surface area contributed by atoms with Crippen LogP contribution < -0.4 is 15.8 Å². The molecule has 6 nitrogen and oxygen atoms in total. The van der Waals surface area contributed by atoms with E-state index in [1.54, 1.807) is 0 Å². The lowest BCUT2D eigenvalue weighted by atomic mass is 10.2. The number of ether oxygens (including phenoxy) is 1. The average molecular weight is 358 g/mol. The summed E-state index contributed by atoms with van der Waals surface area (Å²) < 4.78 is 41.9. The maximum Gasteiger partial charge on any atom is 0.241 e. The van der Waals surface area contributed by atoms with Crippen LogP contribution in [0.15, 0.2) is 18.2 Å². The Morgan fingerprint density at radius 3 is 2.67 bits per heavy atom. The number of nitrogens with one attached hydrogen (secondary N) is 1. The monoisotopic (exact) mass is 358 g/mol. The summed E-state index contributed by atoms with van der Waals surface area (Å²) in [6, 6.07) is 3.21. The van der Waals surface area contributed by atoms with Crippen molar-refractivity contribution in [1.29, 1.82) is 0 Å². The number of benzene rings is 1. The maximum atomic E-state index is 14.1. The lowest BCUT2D eigenvalue weighted by Gasteiger charge is -2.15. The molecule has 1 amide bonds. The van der Waals surface area contributed by atoms with Gasteiger partial charge in [0.05, 0.1) is 17.9 Å². The summed E-state index contributed by atoms with van der Waals surface area (Å²) in [5.74, 6) is -1.11. The Balaban J connectivity index is 1.92. The van der Waals surface area contributed by atoms with E-state index >= 15 is 0 Å². The van der Waals surface area contributed by atoms with Crippen LogP contribution in [0.4, 0.5) is 10.1 Å². The van der Waals surface area contributed by atoms with Crippen molar-refractivity contribution in [2.24, 2.45) is 5.73 Å². The van der Waals surface area contributed by atoms with Gasteiger partial charge in [-0.05, 0) is 44.2 Å². The van der Waals surface area contributed by atoms with Crippen LogP contribution in [0.5, 0.6) is 5.75 Å². The van der Waals surface area contributed by atoms with Gasteiger partial charge in [0, 0.05) is 18.0 Å². The number of hydrogen-bond acceptors (Lipinski definition) is 5. The maximum absolute atomic E-state index is 14.1. The highest BCUT2D eigenvalue weighted by Crippen LogP contribution is 2.27. The SMILES string of the molecule is CS(=O)(=O)CCC(N)C(=O)Nc1ccc(OC2CCCC2)c(F)c1. The summed E-state index contributed by atoms with van der Waals surface area (Å²) in [7, 11) is -3.19. The van der Waals surface area contributed by atoms with E-state index < -0.39 is 27.6 Å². The van der Waals surface area contributed by atoms with Crippen molar-refractivity contribution in [2.45, 2.75) is 44.2 Å². The molecule has 1 aliphatic rings. The molecular weight excluding hydrogens is 335 g/mol. The number of rotatable bonds is 7. The highest BCUT2D eigenvalue weighted by Gasteiger charge is 2.19. The van der Waals surface area contributed by atoms with E-state index in [0.29, 0.717) is 0 Å². The van der Waals surface area contributed by atoms with Gasteiger partial charge in [-0.15, -0.1) is 0 Å². The van der Waals surface area contributed by atoms with Crippen LogP contribution in [0.2, 0.25) is 0 Å². The molecule has 1 aromatic carbocycles. The van der Waals surface area contributed by atoms with Crippen molar-refractivity contribution in [1.82, 2.24) is 0 Å². The molecule has 0 radical (unpaired) electrons. The van der Waals surface area contributed by atoms with E-state index in [2.05, 4.69) is 5.32 Å². The molecular formula is C16H23FN2O4S. The molecule has 0 bridgehead atoms. The minimum Gasteiger partial charge on any atom is -0.487 e. The molecule has 1 aliphatic carbocycles. The molecule has 8 heteroatoms. The zero-order valence-electron chi connectivity index (χ0n) is 13.6. The molecule has 2 rings (SSSR count). The van der Waals surface area contributed by atoms with Gasteiger partial charge in [0.2, 0.25) is 5.91 Å². The lowest BCUT2D eigenvalue weighted by Crippen LogP contribution is -2.37. The fraction of sp³-hybridized carbons (Fsp3) is 0.562. The van der Waals surface area contributed by atoms with Crippen molar-refractivity contribution in [3.8, 4) is 5.75 Å². The molecule has 0 spiro atoms. The van der Waals surface area contributed by atoms with Gasteiger partial charge in [0.1, 0.15) is 9.84 Å². The molecule has 1 aromatic rings. The first kappa shape index (κ1) is 18.7. The minimum absolute atomic E-state index is 0.00994. The first-order valence-electron chi connectivity index (χ1n) is 7.95. The summed E-state index contributed by atoms with van der Waals surface area (Å²) in [6.07, 6.45) is 5.16. The summed E-state index contributed by atoms with van der Waals surface area (Å²) in [6.45, 7) is 0. The second-order valence-electron chi connectivity index (χ2n) is 6.18. The van der Waals surface area contributed by atoms with Crippen molar-refractivity contribution in [3.05, 3.63) is 24.0 Å². The molecule has 134 valence electrons. The highest BCUT2D eigenvalue weighted by molar-refractivity contribution is 7.90. The fourth-order valence-electron chi connectivity index (χ4n) is 2.57. The Hall–Kier alpha value is -1.67. The number of sulfone groups is 1. The number of carbonyl (C=O) groups excluding carboxylic acids is 1. The van der Waals surface area contributed by atoms with Gasteiger partial charge in [-0.3, -0.25) is 4.79 Å². The molecule has 24 heavy (non-hydrogen) atoms. The van der Waals surface area contributed by atoms with Crippen LogP contribution in [0.1, 0.15) is 32.1 Å². The van der Waals surface area contributed by atoms with Crippen LogP contribution in [-0.2, 0) is 14.6 Å². The quantitative estimate of drug-likeness (QED) is 0.775. The Kier molecular flexibility index (Phi) is 6.17.